The van der Waals surface area contributed by atoms with Crippen molar-refractivity contribution < 1.29 is 8.42 Å². The van der Waals surface area contributed by atoms with Crippen LogP contribution in [0.4, 0.5) is 5.69 Å². The van der Waals surface area contributed by atoms with E-state index < -0.39 is 10.0 Å². The number of benzene rings is 1. The van der Waals surface area contributed by atoms with Crippen LogP contribution in [0.1, 0.15) is 38.8 Å². The molecule has 1 fully saturated rings. The molecule has 0 bridgehead atoms. The summed E-state index contributed by atoms with van der Waals surface area (Å²) < 4.78 is 25.9. The molecule has 142 valence electrons. The van der Waals surface area contributed by atoms with Crippen molar-refractivity contribution in [3.05, 3.63) is 36.0 Å². The van der Waals surface area contributed by atoms with Gasteiger partial charge in [-0.05, 0) is 38.3 Å². The number of para-hydroxylation sites is 1. The number of aromatic nitrogens is 1. The van der Waals surface area contributed by atoms with Crippen LogP contribution >= 0.6 is 0 Å². The van der Waals surface area contributed by atoms with Gasteiger partial charge in [-0.15, -0.1) is 0 Å². The zero-order valence-corrected chi connectivity index (χ0v) is 16.8. The summed E-state index contributed by atoms with van der Waals surface area (Å²) in [7, 11) is -1.40. The Hall–Kier alpha value is -1.66. The van der Waals surface area contributed by atoms with Crippen molar-refractivity contribution in [3.63, 3.8) is 0 Å². The maximum Gasteiger partial charge on any atom is 0.213 e. The van der Waals surface area contributed by atoms with E-state index in [9.17, 15) is 8.42 Å². The Morgan fingerprint density at radius 1 is 1.19 bits per heavy atom. The van der Waals surface area contributed by atoms with Gasteiger partial charge in [0.05, 0.1) is 11.3 Å². The van der Waals surface area contributed by atoms with E-state index in [0.717, 1.165) is 50.0 Å². The van der Waals surface area contributed by atoms with Crippen molar-refractivity contribution in [2.45, 2.75) is 45.6 Å². The molecule has 6 heteroatoms. The van der Waals surface area contributed by atoms with Crippen LogP contribution in [-0.2, 0) is 16.4 Å². The van der Waals surface area contributed by atoms with Crippen molar-refractivity contribution in [2.75, 3.05) is 30.8 Å². The molecule has 1 aromatic carbocycles. The van der Waals surface area contributed by atoms with E-state index in [1.54, 1.807) is 18.3 Å². The SMILES string of the molecule is CCCc1cc(N2CCC(N(C)S(=O)(=O)CC)CC2)c2ccccc2n1. The average Bonchev–Trinajstić information content (AvgIpc) is 2.67. The van der Waals surface area contributed by atoms with Crippen LogP contribution in [-0.4, -0.2) is 49.6 Å². The van der Waals surface area contributed by atoms with Crippen LogP contribution in [0.25, 0.3) is 10.9 Å². The lowest BCUT2D eigenvalue weighted by Gasteiger charge is -2.37. The van der Waals surface area contributed by atoms with E-state index in [-0.39, 0.29) is 11.8 Å². The number of hydrogen-bond acceptors (Lipinski definition) is 4. The Morgan fingerprint density at radius 2 is 1.88 bits per heavy atom. The molecule has 0 radical (unpaired) electrons. The molecule has 3 rings (SSSR count). The molecule has 1 saturated heterocycles. The van der Waals surface area contributed by atoms with Crippen LogP contribution in [0.2, 0.25) is 0 Å². The molecule has 26 heavy (non-hydrogen) atoms. The van der Waals surface area contributed by atoms with Crippen LogP contribution in [0.15, 0.2) is 30.3 Å². The summed E-state index contributed by atoms with van der Waals surface area (Å²) in [4.78, 5) is 7.19. The van der Waals surface area contributed by atoms with Gasteiger partial charge in [-0.2, -0.15) is 0 Å². The highest BCUT2D eigenvalue weighted by molar-refractivity contribution is 7.89. The normalized spacial score (nSPS) is 16.5. The quantitative estimate of drug-likeness (QED) is 0.776. The van der Waals surface area contributed by atoms with Gasteiger partial charge in [0, 0.05) is 42.9 Å². The number of aryl methyl sites for hydroxylation is 1. The molecule has 2 aromatic rings. The number of piperidine rings is 1. The van der Waals surface area contributed by atoms with Crippen molar-refractivity contribution in [3.8, 4) is 0 Å². The van der Waals surface area contributed by atoms with Crippen molar-refractivity contribution in [1.29, 1.82) is 0 Å². The predicted molar refractivity (Wildman–Crippen MR) is 108 cm³/mol. The summed E-state index contributed by atoms with van der Waals surface area (Å²) in [6.07, 6.45) is 3.77. The number of anilines is 1. The molecule has 2 heterocycles. The molecule has 0 spiro atoms. The molecule has 5 nitrogen and oxygen atoms in total. The van der Waals surface area contributed by atoms with Gasteiger partial charge in [-0.1, -0.05) is 31.5 Å². The van der Waals surface area contributed by atoms with Gasteiger partial charge < -0.3 is 4.90 Å². The summed E-state index contributed by atoms with van der Waals surface area (Å²) in [5.74, 6) is 0.166. The molecule has 1 aliphatic rings. The highest BCUT2D eigenvalue weighted by Crippen LogP contribution is 2.30. The Morgan fingerprint density at radius 3 is 2.54 bits per heavy atom. The molecular formula is C20H29N3O2S. The van der Waals surface area contributed by atoms with Gasteiger partial charge in [0.25, 0.3) is 0 Å². The first kappa shape index (κ1) is 19.1. The number of pyridine rings is 1. The number of sulfonamides is 1. The molecule has 0 N–H and O–H groups in total. The summed E-state index contributed by atoms with van der Waals surface area (Å²) in [6, 6.07) is 10.6. The van der Waals surface area contributed by atoms with Crippen molar-refractivity contribution >= 4 is 26.6 Å². The largest absolute Gasteiger partial charge is 0.371 e. The number of rotatable bonds is 6. The van der Waals surface area contributed by atoms with Gasteiger partial charge in [-0.25, -0.2) is 12.7 Å². The summed E-state index contributed by atoms with van der Waals surface area (Å²) in [6.45, 7) is 5.62. The van der Waals surface area contributed by atoms with Gasteiger partial charge in [-0.3, -0.25) is 4.98 Å². The minimum atomic E-state index is -3.12. The molecule has 0 amide bonds. The average molecular weight is 376 g/mol. The molecular weight excluding hydrogens is 346 g/mol. The highest BCUT2D eigenvalue weighted by Gasteiger charge is 2.29. The Balaban J connectivity index is 1.83. The summed E-state index contributed by atoms with van der Waals surface area (Å²) in [5, 5.41) is 1.18. The number of fused-ring (bicyclic) bond motifs is 1. The summed E-state index contributed by atoms with van der Waals surface area (Å²) in [5.41, 5.74) is 3.41. The fourth-order valence-corrected chi connectivity index (χ4v) is 4.83. The fraction of sp³-hybridized carbons (Fsp3) is 0.550. The fourth-order valence-electron chi connectivity index (χ4n) is 3.76. The number of hydrogen-bond donors (Lipinski definition) is 0. The van der Waals surface area contributed by atoms with Crippen molar-refractivity contribution in [1.82, 2.24) is 9.29 Å². The van der Waals surface area contributed by atoms with Crippen LogP contribution < -0.4 is 4.90 Å². The lowest BCUT2D eigenvalue weighted by molar-refractivity contribution is 0.312. The first-order chi connectivity index (χ1) is 12.5. The van der Waals surface area contributed by atoms with E-state index in [0.29, 0.717) is 0 Å². The Bertz CT molecular complexity index is 858. The molecule has 0 saturated carbocycles. The van der Waals surface area contributed by atoms with Crippen molar-refractivity contribution in [2.24, 2.45) is 0 Å². The first-order valence-corrected chi connectivity index (χ1v) is 11.2. The minimum Gasteiger partial charge on any atom is -0.371 e. The van der Waals surface area contributed by atoms with E-state index in [1.165, 1.54) is 11.1 Å². The monoisotopic (exact) mass is 375 g/mol. The highest BCUT2D eigenvalue weighted by atomic mass is 32.2. The van der Waals surface area contributed by atoms with E-state index in [2.05, 4.69) is 36.1 Å². The smallest absolute Gasteiger partial charge is 0.213 e. The zero-order valence-electron chi connectivity index (χ0n) is 16.0. The van der Waals surface area contributed by atoms with E-state index >= 15 is 0 Å². The molecule has 1 aliphatic heterocycles. The first-order valence-electron chi connectivity index (χ1n) is 9.55. The van der Waals surface area contributed by atoms with Crippen LogP contribution in [0.5, 0.6) is 0 Å². The van der Waals surface area contributed by atoms with Gasteiger partial charge in [0.1, 0.15) is 0 Å². The predicted octanol–water partition coefficient (Wildman–Crippen LogP) is 3.44. The molecule has 1 aromatic heterocycles. The second kappa shape index (κ2) is 7.92. The lowest BCUT2D eigenvalue weighted by Crippen LogP contribution is -2.46. The second-order valence-electron chi connectivity index (χ2n) is 7.03. The van der Waals surface area contributed by atoms with Crippen LogP contribution in [0.3, 0.4) is 0 Å². The van der Waals surface area contributed by atoms with Gasteiger partial charge >= 0.3 is 0 Å². The third-order valence-electron chi connectivity index (χ3n) is 5.38. The van der Waals surface area contributed by atoms with E-state index in [4.69, 9.17) is 4.98 Å². The zero-order chi connectivity index (χ0) is 18.7. The molecule has 0 aliphatic carbocycles. The number of nitrogens with zero attached hydrogens (tertiary/aromatic N) is 3. The maximum atomic E-state index is 12.1. The standard InChI is InChI=1S/C20H29N3O2S/c1-4-8-16-15-20(18-9-6-7-10-19(18)21-16)23-13-11-17(12-14-23)22(3)26(24,25)5-2/h6-7,9-10,15,17H,4-5,8,11-14H2,1-3H3. The third-order valence-corrected chi connectivity index (χ3v) is 7.28. The van der Waals surface area contributed by atoms with Gasteiger partial charge in [0.15, 0.2) is 0 Å². The second-order valence-corrected chi connectivity index (χ2v) is 9.35. The molecule has 0 atom stereocenters. The Kier molecular flexibility index (Phi) is 5.82. The lowest BCUT2D eigenvalue weighted by atomic mass is 10.0. The third kappa shape index (κ3) is 3.86. The van der Waals surface area contributed by atoms with E-state index in [1.807, 2.05) is 6.07 Å². The minimum absolute atomic E-state index is 0.0967. The Labute approximate surface area is 157 Å². The summed E-state index contributed by atoms with van der Waals surface area (Å²) >= 11 is 0. The molecule has 0 unspecified atom stereocenters. The van der Waals surface area contributed by atoms with Gasteiger partial charge in [0.2, 0.25) is 10.0 Å². The van der Waals surface area contributed by atoms with Crippen LogP contribution in [0, 0.1) is 0 Å². The topological polar surface area (TPSA) is 53.5 Å². The maximum absolute atomic E-state index is 12.1.